The van der Waals surface area contributed by atoms with Gasteiger partial charge in [0, 0.05) is 11.3 Å². The molecule has 3 aromatic rings. The molecule has 1 unspecified atom stereocenters. The Hall–Kier alpha value is -3.19. The number of nitrogens with zero attached hydrogens (tertiary/aromatic N) is 1. The number of aromatic hydroxyl groups is 1. The number of halogens is 2. The van der Waals surface area contributed by atoms with Crippen LogP contribution in [0.2, 0.25) is 0 Å². The number of phenols is 1. The van der Waals surface area contributed by atoms with Crippen molar-refractivity contribution < 1.29 is 13.9 Å². The van der Waals surface area contributed by atoms with Gasteiger partial charge < -0.3 is 5.11 Å². The zero-order valence-corrected chi connectivity index (χ0v) is 13.1. The molecule has 0 bridgehead atoms. The molecule has 1 N–H and O–H groups in total. The highest BCUT2D eigenvalue weighted by atomic mass is 19.1. The van der Waals surface area contributed by atoms with Gasteiger partial charge in [-0.1, -0.05) is 36.1 Å². The van der Waals surface area contributed by atoms with Crippen LogP contribution in [0, 0.1) is 23.5 Å². The van der Waals surface area contributed by atoms with Crippen LogP contribution in [0.1, 0.15) is 17.9 Å². The Morgan fingerprint density at radius 3 is 2.56 bits per heavy atom. The zero-order valence-electron chi connectivity index (χ0n) is 13.1. The van der Waals surface area contributed by atoms with Crippen LogP contribution in [0.5, 0.6) is 5.75 Å². The molecule has 0 fully saturated rings. The zero-order chi connectivity index (χ0) is 17.4. The largest absolute Gasteiger partial charge is 0.506 e. The Morgan fingerprint density at radius 1 is 1.08 bits per heavy atom. The van der Waals surface area contributed by atoms with E-state index < -0.39 is 11.6 Å². The van der Waals surface area contributed by atoms with E-state index >= 15 is 0 Å². The van der Waals surface area contributed by atoms with Crippen molar-refractivity contribution in [1.82, 2.24) is 4.98 Å². The molecule has 1 aliphatic carbocycles. The van der Waals surface area contributed by atoms with Crippen LogP contribution in [0.15, 0.2) is 54.6 Å². The van der Waals surface area contributed by atoms with E-state index in [0.29, 0.717) is 11.9 Å². The van der Waals surface area contributed by atoms with E-state index in [9.17, 15) is 13.9 Å². The first-order chi connectivity index (χ1) is 12.1. The van der Waals surface area contributed by atoms with Crippen LogP contribution in [0.3, 0.4) is 0 Å². The number of allylic oxidation sites excluding steroid dienone is 2. The Morgan fingerprint density at radius 2 is 1.84 bits per heavy atom. The number of para-hydroxylation sites is 1. The van der Waals surface area contributed by atoms with Crippen LogP contribution < -0.4 is 0 Å². The van der Waals surface area contributed by atoms with Gasteiger partial charge in [-0.3, -0.25) is 0 Å². The molecule has 2 aromatic carbocycles. The lowest BCUT2D eigenvalue weighted by Gasteiger charge is -2.16. The minimum atomic E-state index is -0.692. The van der Waals surface area contributed by atoms with E-state index in [1.54, 1.807) is 18.2 Å². The third-order valence-corrected chi connectivity index (χ3v) is 4.28. The highest BCUT2D eigenvalue weighted by molar-refractivity contribution is 5.90. The second-order valence-corrected chi connectivity index (χ2v) is 5.85. The van der Waals surface area contributed by atoms with Crippen LogP contribution in [-0.4, -0.2) is 10.1 Å². The number of phenolic OH excluding ortho intramolecular Hbond substituents is 1. The summed E-state index contributed by atoms with van der Waals surface area (Å²) in [5.41, 5.74) is 1.06. The molecule has 1 aliphatic rings. The Balaban J connectivity index is 2.03. The molecule has 0 saturated carbocycles. The number of hydrogen-bond acceptors (Lipinski definition) is 2. The van der Waals surface area contributed by atoms with E-state index in [-0.39, 0.29) is 22.9 Å². The number of aromatic nitrogens is 1. The fourth-order valence-electron chi connectivity index (χ4n) is 3.09. The summed E-state index contributed by atoms with van der Waals surface area (Å²) in [7, 11) is 0. The first-order valence-corrected chi connectivity index (χ1v) is 7.88. The number of fused-ring (bicyclic) bond motifs is 1. The number of hydrogen-bond donors (Lipinski definition) is 1. The molecule has 4 rings (SSSR count). The van der Waals surface area contributed by atoms with Gasteiger partial charge in [0.15, 0.2) is 0 Å². The van der Waals surface area contributed by atoms with E-state index in [1.165, 1.54) is 24.3 Å². The Labute approximate surface area is 143 Å². The van der Waals surface area contributed by atoms with Gasteiger partial charge in [-0.2, -0.15) is 0 Å². The van der Waals surface area contributed by atoms with E-state index in [2.05, 4.69) is 16.8 Å². The van der Waals surface area contributed by atoms with Crippen LogP contribution in [-0.2, 0) is 0 Å². The van der Waals surface area contributed by atoms with Crippen LogP contribution in [0.25, 0.3) is 22.2 Å². The summed E-state index contributed by atoms with van der Waals surface area (Å²) in [6, 6.07) is 10.4. The normalized spacial score (nSPS) is 15.8. The van der Waals surface area contributed by atoms with Crippen molar-refractivity contribution in [2.75, 3.05) is 0 Å². The molecule has 122 valence electrons. The number of pyridine rings is 1. The van der Waals surface area contributed by atoms with E-state index in [0.717, 1.165) is 10.9 Å². The van der Waals surface area contributed by atoms with Gasteiger partial charge in [0.2, 0.25) is 0 Å². The minimum Gasteiger partial charge on any atom is -0.506 e. The quantitative estimate of drug-likeness (QED) is 0.674. The summed E-state index contributed by atoms with van der Waals surface area (Å²) in [5.74, 6) is 4.52. The Kier molecular flexibility index (Phi) is 3.70. The Bertz CT molecular complexity index is 1060. The second-order valence-electron chi connectivity index (χ2n) is 5.85. The highest BCUT2D eigenvalue weighted by Crippen LogP contribution is 2.36. The summed E-state index contributed by atoms with van der Waals surface area (Å²) in [6.45, 7) is 0. The van der Waals surface area contributed by atoms with Gasteiger partial charge in [-0.15, -0.1) is 0 Å². The first-order valence-electron chi connectivity index (χ1n) is 7.88. The van der Waals surface area contributed by atoms with Gasteiger partial charge in [0.05, 0.1) is 11.3 Å². The molecule has 0 radical (unpaired) electrons. The van der Waals surface area contributed by atoms with Crippen LogP contribution in [0.4, 0.5) is 8.78 Å². The van der Waals surface area contributed by atoms with Gasteiger partial charge in [0.1, 0.15) is 22.9 Å². The number of rotatable bonds is 2. The molecule has 1 atom stereocenters. The van der Waals surface area contributed by atoms with Gasteiger partial charge in [-0.05, 0) is 42.3 Å². The monoisotopic (exact) mass is 333 g/mol. The fourth-order valence-corrected chi connectivity index (χ4v) is 3.09. The maximum absolute atomic E-state index is 14.2. The topological polar surface area (TPSA) is 33.1 Å². The second kappa shape index (κ2) is 6.03. The van der Waals surface area contributed by atoms with Gasteiger partial charge in [-0.25, -0.2) is 13.8 Å². The maximum atomic E-state index is 14.2. The molecule has 2 nitrogen and oxygen atoms in total. The molecule has 1 aromatic heterocycles. The third-order valence-electron chi connectivity index (χ3n) is 4.28. The summed E-state index contributed by atoms with van der Waals surface area (Å²) in [5, 5.41) is 10.9. The predicted molar refractivity (Wildman–Crippen MR) is 93.0 cm³/mol. The highest BCUT2D eigenvalue weighted by Gasteiger charge is 2.20. The van der Waals surface area contributed by atoms with E-state index in [4.69, 9.17) is 0 Å². The molecule has 25 heavy (non-hydrogen) atoms. The first kappa shape index (κ1) is 15.3. The third kappa shape index (κ3) is 2.64. The summed E-state index contributed by atoms with van der Waals surface area (Å²) >= 11 is 0. The standard InChI is InChI=1S/C21H13F2NO/c22-16-9-5-10-17(23)20(16)18-12-15(13-6-2-1-3-7-13)14-8-4-11-19(25)21(14)24-18/h1-2,4-5,8-13,25H,6H2. The van der Waals surface area contributed by atoms with Crippen molar-refractivity contribution in [3.05, 3.63) is 71.8 Å². The summed E-state index contributed by atoms with van der Waals surface area (Å²) in [4.78, 5) is 4.33. The molecule has 0 aliphatic heterocycles. The molecule has 4 heteroatoms. The van der Waals surface area contributed by atoms with Crippen molar-refractivity contribution in [1.29, 1.82) is 0 Å². The van der Waals surface area contributed by atoms with Crippen molar-refractivity contribution in [2.24, 2.45) is 0 Å². The fraction of sp³-hybridized carbons (Fsp3) is 0.0952. The van der Waals surface area contributed by atoms with Crippen molar-refractivity contribution >= 4 is 10.9 Å². The number of benzene rings is 2. The van der Waals surface area contributed by atoms with Gasteiger partial charge in [0.25, 0.3) is 0 Å². The smallest absolute Gasteiger partial charge is 0.141 e. The maximum Gasteiger partial charge on any atom is 0.141 e. The lowest BCUT2D eigenvalue weighted by atomic mass is 9.90. The average molecular weight is 333 g/mol. The lowest BCUT2D eigenvalue weighted by Crippen LogP contribution is -2.02. The SMILES string of the molecule is Oc1cccc2c(C3C#CC=CC3)cc(-c3c(F)cccc3F)nc12. The molecule has 0 spiro atoms. The molecular formula is C21H13F2NO. The van der Waals surface area contributed by atoms with Crippen LogP contribution >= 0.6 is 0 Å². The van der Waals surface area contributed by atoms with Gasteiger partial charge >= 0.3 is 0 Å². The summed E-state index contributed by atoms with van der Waals surface area (Å²) < 4.78 is 28.5. The predicted octanol–water partition coefficient (Wildman–Crippen LogP) is 4.93. The minimum absolute atomic E-state index is 0.0309. The molecular weight excluding hydrogens is 320 g/mol. The lowest BCUT2D eigenvalue weighted by molar-refractivity contribution is 0.480. The van der Waals surface area contributed by atoms with Crippen molar-refractivity contribution in [2.45, 2.75) is 12.3 Å². The van der Waals surface area contributed by atoms with Crippen molar-refractivity contribution in [3.8, 4) is 28.8 Å². The summed E-state index contributed by atoms with van der Waals surface area (Å²) in [6.07, 6.45) is 4.44. The average Bonchev–Trinajstić information content (AvgIpc) is 2.62. The molecule has 0 saturated heterocycles. The van der Waals surface area contributed by atoms with E-state index in [1.807, 2.05) is 12.1 Å². The molecule has 1 heterocycles. The molecule has 0 amide bonds. The van der Waals surface area contributed by atoms with Crippen molar-refractivity contribution in [3.63, 3.8) is 0 Å².